The number of nitrogen functional groups attached to an aromatic ring is 1. The van der Waals surface area contributed by atoms with Crippen molar-refractivity contribution in [2.75, 3.05) is 37.5 Å². The molecule has 1 aromatic rings. The van der Waals surface area contributed by atoms with Gasteiger partial charge in [0.25, 0.3) is 0 Å². The van der Waals surface area contributed by atoms with Crippen molar-refractivity contribution in [2.24, 2.45) is 5.84 Å². The van der Waals surface area contributed by atoms with Gasteiger partial charge in [-0.2, -0.15) is 0 Å². The van der Waals surface area contributed by atoms with Crippen LogP contribution in [0.15, 0.2) is 6.33 Å². The molecule has 3 N–H and O–H groups in total. The third kappa shape index (κ3) is 2.39. The van der Waals surface area contributed by atoms with Gasteiger partial charge < -0.3 is 15.2 Å². The Labute approximate surface area is 108 Å². The largest absolute Gasteiger partial charge is 0.355 e. The second-order valence-corrected chi connectivity index (χ2v) is 4.87. The fourth-order valence-corrected chi connectivity index (χ4v) is 2.48. The summed E-state index contributed by atoms with van der Waals surface area (Å²) in [5.74, 6) is 7.25. The predicted octanol–water partition coefficient (Wildman–Crippen LogP) is 0.465. The van der Waals surface area contributed by atoms with Gasteiger partial charge in [0.2, 0.25) is 0 Å². The van der Waals surface area contributed by atoms with Crippen molar-refractivity contribution in [3.8, 4) is 0 Å². The van der Waals surface area contributed by atoms with Gasteiger partial charge in [0.1, 0.15) is 18.0 Å². The number of hydrazine groups is 1. The molecule has 1 atom stereocenters. The van der Waals surface area contributed by atoms with E-state index in [0.717, 1.165) is 36.7 Å². The maximum absolute atomic E-state index is 5.50. The lowest BCUT2D eigenvalue weighted by molar-refractivity contribution is 0.315. The quantitative estimate of drug-likeness (QED) is 0.598. The molecule has 6 heteroatoms. The van der Waals surface area contributed by atoms with E-state index in [4.69, 9.17) is 5.84 Å². The summed E-state index contributed by atoms with van der Waals surface area (Å²) in [4.78, 5) is 13.2. The topological polar surface area (TPSA) is 70.3 Å². The Morgan fingerprint density at radius 2 is 2.28 bits per heavy atom. The van der Waals surface area contributed by atoms with Gasteiger partial charge in [-0.25, -0.2) is 15.8 Å². The summed E-state index contributed by atoms with van der Waals surface area (Å²) < 4.78 is 0. The van der Waals surface area contributed by atoms with Crippen molar-refractivity contribution < 1.29 is 0 Å². The van der Waals surface area contributed by atoms with E-state index in [1.165, 1.54) is 6.42 Å². The van der Waals surface area contributed by atoms with Crippen LogP contribution in [0.3, 0.4) is 0 Å². The molecule has 1 aliphatic rings. The zero-order valence-electron chi connectivity index (χ0n) is 11.3. The van der Waals surface area contributed by atoms with E-state index in [-0.39, 0.29) is 0 Å². The number of likely N-dealkylation sites (N-methyl/N-ethyl adjacent to an activating group) is 1. The van der Waals surface area contributed by atoms with E-state index < -0.39 is 0 Å². The molecule has 18 heavy (non-hydrogen) atoms. The first kappa shape index (κ1) is 13.0. The summed E-state index contributed by atoms with van der Waals surface area (Å²) in [6.07, 6.45) is 3.62. The van der Waals surface area contributed by atoms with E-state index in [9.17, 15) is 0 Å². The van der Waals surface area contributed by atoms with Crippen LogP contribution >= 0.6 is 0 Å². The van der Waals surface area contributed by atoms with Gasteiger partial charge in [0.15, 0.2) is 0 Å². The summed E-state index contributed by atoms with van der Waals surface area (Å²) in [6, 6.07) is 0.596. The number of rotatable bonds is 4. The monoisotopic (exact) mass is 250 g/mol. The fraction of sp³-hybridized carbons (Fsp3) is 0.667. The molecule has 2 heterocycles. The molecule has 100 valence electrons. The highest BCUT2D eigenvalue weighted by Gasteiger charge is 2.26. The molecule has 1 unspecified atom stereocenters. The summed E-state index contributed by atoms with van der Waals surface area (Å²) >= 11 is 0. The lowest BCUT2D eigenvalue weighted by atomic mass is 10.2. The van der Waals surface area contributed by atoms with Crippen LogP contribution in [-0.2, 0) is 6.42 Å². The Morgan fingerprint density at radius 3 is 2.83 bits per heavy atom. The summed E-state index contributed by atoms with van der Waals surface area (Å²) in [5.41, 5.74) is 3.75. The molecule has 0 spiro atoms. The van der Waals surface area contributed by atoms with Gasteiger partial charge in [-0.3, -0.25) is 0 Å². The summed E-state index contributed by atoms with van der Waals surface area (Å²) in [5, 5.41) is 0. The summed E-state index contributed by atoms with van der Waals surface area (Å²) in [7, 11) is 4.25. The lowest BCUT2D eigenvalue weighted by Gasteiger charge is -2.23. The molecule has 0 aliphatic carbocycles. The third-order valence-electron chi connectivity index (χ3n) is 3.61. The number of nitrogens with two attached hydrogens (primary N) is 1. The number of nitrogens with one attached hydrogen (secondary N) is 1. The van der Waals surface area contributed by atoms with Gasteiger partial charge in [-0.15, -0.1) is 0 Å². The van der Waals surface area contributed by atoms with Crippen LogP contribution in [0.5, 0.6) is 0 Å². The second kappa shape index (κ2) is 5.49. The summed E-state index contributed by atoms with van der Waals surface area (Å²) in [6.45, 7) is 4.15. The average molecular weight is 250 g/mol. The molecule has 1 aliphatic heterocycles. The van der Waals surface area contributed by atoms with Gasteiger partial charge in [0, 0.05) is 24.7 Å². The maximum Gasteiger partial charge on any atom is 0.148 e. The number of aromatic nitrogens is 2. The average Bonchev–Trinajstić information content (AvgIpc) is 2.87. The molecule has 1 fully saturated rings. The van der Waals surface area contributed by atoms with Crippen molar-refractivity contribution in [3.05, 3.63) is 11.9 Å². The van der Waals surface area contributed by atoms with Crippen LogP contribution in [-0.4, -0.2) is 48.1 Å². The zero-order chi connectivity index (χ0) is 13.1. The molecule has 0 radical (unpaired) electrons. The minimum absolute atomic E-state index is 0.596. The fourth-order valence-electron chi connectivity index (χ4n) is 2.48. The predicted molar refractivity (Wildman–Crippen MR) is 73.5 cm³/mol. The van der Waals surface area contributed by atoms with E-state index >= 15 is 0 Å². The van der Waals surface area contributed by atoms with E-state index in [0.29, 0.717) is 6.04 Å². The number of hydrogen-bond donors (Lipinski definition) is 2. The Hall–Kier alpha value is -1.40. The van der Waals surface area contributed by atoms with Crippen LogP contribution < -0.4 is 16.2 Å². The normalized spacial score (nSPS) is 19.6. The van der Waals surface area contributed by atoms with Crippen molar-refractivity contribution >= 4 is 11.6 Å². The molecular weight excluding hydrogens is 228 g/mol. The van der Waals surface area contributed by atoms with Crippen molar-refractivity contribution in [1.29, 1.82) is 0 Å². The minimum atomic E-state index is 0.596. The zero-order valence-corrected chi connectivity index (χ0v) is 11.3. The Kier molecular flexibility index (Phi) is 3.98. The number of nitrogens with zero attached hydrogens (tertiary/aromatic N) is 4. The van der Waals surface area contributed by atoms with Gasteiger partial charge >= 0.3 is 0 Å². The first-order valence-electron chi connectivity index (χ1n) is 6.39. The highest BCUT2D eigenvalue weighted by molar-refractivity contribution is 5.58. The molecule has 6 nitrogen and oxygen atoms in total. The van der Waals surface area contributed by atoms with Crippen LogP contribution in [0.1, 0.15) is 18.9 Å². The highest BCUT2D eigenvalue weighted by atomic mass is 15.3. The van der Waals surface area contributed by atoms with E-state index in [1.54, 1.807) is 6.33 Å². The maximum atomic E-state index is 5.50. The first-order chi connectivity index (χ1) is 8.67. The van der Waals surface area contributed by atoms with Crippen molar-refractivity contribution in [2.45, 2.75) is 25.8 Å². The SMILES string of the molecule is CCc1c(NN)ncnc1N1CCC(N(C)C)C1. The molecule has 0 aromatic carbocycles. The minimum Gasteiger partial charge on any atom is -0.355 e. The van der Waals surface area contributed by atoms with Crippen molar-refractivity contribution in [1.82, 2.24) is 14.9 Å². The number of hydrogen-bond acceptors (Lipinski definition) is 6. The Balaban J connectivity index is 2.24. The van der Waals surface area contributed by atoms with Gasteiger partial charge in [0.05, 0.1) is 0 Å². The molecule has 2 rings (SSSR count). The Bertz CT molecular complexity index is 406. The van der Waals surface area contributed by atoms with Crippen LogP contribution in [0.2, 0.25) is 0 Å². The molecule has 1 aromatic heterocycles. The van der Waals surface area contributed by atoms with E-state index in [1.807, 2.05) is 0 Å². The van der Waals surface area contributed by atoms with Crippen molar-refractivity contribution in [3.63, 3.8) is 0 Å². The lowest BCUT2D eigenvalue weighted by Crippen LogP contribution is -2.32. The standard InChI is InChI=1S/C12H22N6/c1-4-10-11(16-13)14-8-15-12(10)18-6-5-9(7-18)17(2)3/h8-9H,4-7,13H2,1-3H3,(H,14,15,16). The Morgan fingerprint density at radius 1 is 1.50 bits per heavy atom. The van der Waals surface area contributed by atoms with E-state index in [2.05, 4.69) is 46.2 Å². The second-order valence-electron chi connectivity index (χ2n) is 4.87. The first-order valence-corrected chi connectivity index (χ1v) is 6.39. The van der Waals surface area contributed by atoms with Crippen LogP contribution in [0.4, 0.5) is 11.6 Å². The molecular formula is C12H22N6. The molecule has 0 bridgehead atoms. The number of anilines is 2. The molecule has 0 amide bonds. The third-order valence-corrected chi connectivity index (χ3v) is 3.61. The van der Waals surface area contributed by atoms with Gasteiger partial charge in [-0.1, -0.05) is 6.92 Å². The molecule has 0 saturated carbocycles. The smallest absolute Gasteiger partial charge is 0.148 e. The van der Waals surface area contributed by atoms with Gasteiger partial charge in [-0.05, 0) is 26.9 Å². The molecule has 1 saturated heterocycles. The van der Waals surface area contributed by atoms with Crippen LogP contribution in [0, 0.1) is 0 Å². The van der Waals surface area contributed by atoms with Crippen LogP contribution in [0.25, 0.3) is 0 Å². The highest BCUT2D eigenvalue weighted by Crippen LogP contribution is 2.27.